The topological polar surface area (TPSA) is 150 Å². The number of anilines is 1. The number of H-pyrrole nitrogens is 1. The van der Waals surface area contributed by atoms with E-state index in [0.717, 1.165) is 0 Å². The summed E-state index contributed by atoms with van der Waals surface area (Å²) in [4.78, 5) is 22.4. The minimum atomic E-state index is -1.15. The van der Waals surface area contributed by atoms with Crippen LogP contribution in [0.15, 0.2) is 11.1 Å². The second-order valence-electron chi connectivity index (χ2n) is 4.98. The summed E-state index contributed by atoms with van der Waals surface area (Å²) in [6, 6.07) is -0.669. The number of aromatic nitrogens is 4. The van der Waals surface area contributed by atoms with Crippen molar-refractivity contribution in [2.75, 3.05) is 12.3 Å². The van der Waals surface area contributed by atoms with Crippen LogP contribution in [0.3, 0.4) is 0 Å². The van der Waals surface area contributed by atoms with Crippen LogP contribution in [0.25, 0.3) is 11.2 Å². The van der Waals surface area contributed by atoms with Crippen LogP contribution in [0.4, 0.5) is 5.82 Å². The molecule has 2 heterocycles. The van der Waals surface area contributed by atoms with E-state index < -0.39 is 29.9 Å². The molecule has 6 N–H and O–H groups in total. The van der Waals surface area contributed by atoms with E-state index in [0.29, 0.717) is 5.52 Å². The second-order valence-corrected chi connectivity index (χ2v) is 4.98. The van der Waals surface area contributed by atoms with Crippen LogP contribution in [0, 0.1) is 5.92 Å². The number of imidazole rings is 1. The first-order chi connectivity index (χ1) is 9.54. The van der Waals surface area contributed by atoms with E-state index in [2.05, 4.69) is 15.0 Å². The van der Waals surface area contributed by atoms with Gasteiger partial charge in [0.2, 0.25) is 0 Å². The SMILES string of the molecule is Nc1ncnc2c1[nH]c(=O)n2[C@@H]1C[C@H](CO)[C@@H](O)[C@H]1O. The van der Waals surface area contributed by atoms with Gasteiger partial charge >= 0.3 is 5.69 Å². The molecule has 0 saturated heterocycles. The summed E-state index contributed by atoms with van der Waals surface area (Å²) in [5, 5.41) is 29.1. The Labute approximate surface area is 112 Å². The average Bonchev–Trinajstić information content (AvgIpc) is 2.90. The van der Waals surface area contributed by atoms with Gasteiger partial charge in [-0.05, 0) is 6.42 Å². The zero-order valence-corrected chi connectivity index (χ0v) is 10.5. The van der Waals surface area contributed by atoms with Gasteiger partial charge in [0.1, 0.15) is 17.9 Å². The minimum Gasteiger partial charge on any atom is -0.396 e. The van der Waals surface area contributed by atoms with Gasteiger partial charge in [-0.15, -0.1) is 0 Å². The lowest BCUT2D eigenvalue weighted by molar-refractivity contribution is -0.00400. The van der Waals surface area contributed by atoms with Crippen LogP contribution in [0.2, 0.25) is 0 Å². The first-order valence-corrected chi connectivity index (χ1v) is 6.22. The van der Waals surface area contributed by atoms with Gasteiger partial charge in [-0.2, -0.15) is 0 Å². The van der Waals surface area contributed by atoms with Crippen molar-refractivity contribution in [3.63, 3.8) is 0 Å². The Morgan fingerprint density at radius 1 is 1.40 bits per heavy atom. The van der Waals surface area contributed by atoms with Crippen molar-refractivity contribution in [3.05, 3.63) is 16.8 Å². The molecule has 108 valence electrons. The fourth-order valence-corrected chi connectivity index (χ4v) is 2.80. The van der Waals surface area contributed by atoms with Crippen molar-refractivity contribution in [3.8, 4) is 0 Å². The zero-order valence-electron chi connectivity index (χ0n) is 10.5. The lowest BCUT2D eigenvalue weighted by atomic mass is 10.1. The molecule has 0 spiro atoms. The highest BCUT2D eigenvalue weighted by Crippen LogP contribution is 2.35. The van der Waals surface area contributed by atoms with Crippen LogP contribution >= 0.6 is 0 Å². The molecule has 20 heavy (non-hydrogen) atoms. The van der Waals surface area contributed by atoms with Crippen molar-refractivity contribution in [1.82, 2.24) is 19.5 Å². The smallest absolute Gasteiger partial charge is 0.328 e. The highest BCUT2D eigenvalue weighted by molar-refractivity contribution is 5.81. The molecule has 0 bridgehead atoms. The molecule has 3 rings (SSSR count). The monoisotopic (exact) mass is 281 g/mol. The first kappa shape index (κ1) is 13.0. The molecule has 0 aliphatic heterocycles. The van der Waals surface area contributed by atoms with E-state index in [4.69, 9.17) is 5.73 Å². The molecule has 9 heteroatoms. The summed E-state index contributed by atoms with van der Waals surface area (Å²) in [7, 11) is 0. The Hall–Kier alpha value is -1.97. The number of aliphatic hydroxyl groups excluding tert-OH is 3. The van der Waals surface area contributed by atoms with E-state index in [-0.39, 0.29) is 24.5 Å². The van der Waals surface area contributed by atoms with Gasteiger partial charge in [0.25, 0.3) is 0 Å². The number of aromatic amines is 1. The molecule has 1 fully saturated rings. The molecular formula is C11H15N5O4. The Morgan fingerprint density at radius 3 is 2.80 bits per heavy atom. The predicted molar refractivity (Wildman–Crippen MR) is 68.8 cm³/mol. The maximum absolute atomic E-state index is 12.1. The molecule has 0 amide bonds. The third kappa shape index (κ3) is 1.71. The Morgan fingerprint density at radius 2 is 2.15 bits per heavy atom. The van der Waals surface area contributed by atoms with E-state index in [1.807, 2.05) is 0 Å². The third-order valence-corrected chi connectivity index (χ3v) is 3.87. The Bertz CT molecular complexity index is 696. The zero-order chi connectivity index (χ0) is 14.4. The van der Waals surface area contributed by atoms with E-state index in [9.17, 15) is 20.1 Å². The van der Waals surface area contributed by atoms with Gasteiger partial charge in [0, 0.05) is 12.5 Å². The normalized spacial score (nSPS) is 30.1. The number of hydrogen-bond acceptors (Lipinski definition) is 7. The summed E-state index contributed by atoms with van der Waals surface area (Å²) < 4.78 is 1.26. The number of nitrogens with one attached hydrogen (secondary N) is 1. The Kier molecular flexibility index (Phi) is 2.96. The number of nitrogen functional groups attached to an aromatic ring is 1. The van der Waals surface area contributed by atoms with Gasteiger partial charge in [-0.3, -0.25) is 4.57 Å². The highest BCUT2D eigenvalue weighted by atomic mass is 16.3. The lowest BCUT2D eigenvalue weighted by Gasteiger charge is -2.17. The maximum atomic E-state index is 12.1. The lowest BCUT2D eigenvalue weighted by Crippen LogP contribution is -2.33. The highest BCUT2D eigenvalue weighted by Gasteiger charge is 2.43. The van der Waals surface area contributed by atoms with Crippen molar-refractivity contribution in [2.45, 2.75) is 24.7 Å². The molecule has 9 nitrogen and oxygen atoms in total. The Balaban J connectivity index is 2.14. The molecule has 0 radical (unpaired) electrons. The minimum absolute atomic E-state index is 0.137. The van der Waals surface area contributed by atoms with Crippen molar-refractivity contribution in [2.24, 2.45) is 5.92 Å². The van der Waals surface area contributed by atoms with E-state index in [1.54, 1.807) is 0 Å². The fraction of sp³-hybridized carbons (Fsp3) is 0.545. The summed E-state index contributed by atoms with van der Waals surface area (Å²) in [6.07, 6.45) is -0.737. The number of nitrogens with two attached hydrogens (primary N) is 1. The summed E-state index contributed by atoms with van der Waals surface area (Å²) in [6.45, 7) is -0.261. The van der Waals surface area contributed by atoms with Gasteiger partial charge < -0.3 is 26.0 Å². The van der Waals surface area contributed by atoms with Crippen molar-refractivity contribution < 1.29 is 15.3 Å². The van der Waals surface area contributed by atoms with Crippen LogP contribution in [0.5, 0.6) is 0 Å². The number of nitrogens with zero attached hydrogens (tertiary/aromatic N) is 3. The van der Waals surface area contributed by atoms with Crippen LogP contribution in [-0.2, 0) is 0 Å². The molecule has 1 aliphatic rings. The molecular weight excluding hydrogens is 266 g/mol. The summed E-state index contributed by atoms with van der Waals surface area (Å²) >= 11 is 0. The predicted octanol–water partition coefficient (Wildman–Crippen LogP) is -2.02. The van der Waals surface area contributed by atoms with Crippen molar-refractivity contribution in [1.29, 1.82) is 0 Å². The number of aliphatic hydroxyl groups is 3. The quantitative estimate of drug-likeness (QED) is 0.426. The van der Waals surface area contributed by atoms with Gasteiger partial charge in [-0.25, -0.2) is 14.8 Å². The average molecular weight is 281 g/mol. The number of rotatable bonds is 2. The third-order valence-electron chi connectivity index (χ3n) is 3.87. The van der Waals surface area contributed by atoms with Crippen molar-refractivity contribution >= 4 is 17.0 Å². The van der Waals surface area contributed by atoms with Crippen LogP contribution in [0.1, 0.15) is 12.5 Å². The molecule has 0 aromatic carbocycles. The molecule has 4 atom stereocenters. The maximum Gasteiger partial charge on any atom is 0.328 e. The molecule has 1 saturated carbocycles. The largest absolute Gasteiger partial charge is 0.396 e. The number of hydrogen-bond donors (Lipinski definition) is 5. The van der Waals surface area contributed by atoms with E-state index >= 15 is 0 Å². The van der Waals surface area contributed by atoms with Crippen LogP contribution in [-0.4, -0.2) is 53.7 Å². The second kappa shape index (κ2) is 4.54. The summed E-state index contributed by atoms with van der Waals surface area (Å²) in [5.41, 5.74) is 5.75. The van der Waals surface area contributed by atoms with Gasteiger partial charge in [-0.1, -0.05) is 0 Å². The molecule has 2 aromatic rings. The molecule has 2 aromatic heterocycles. The first-order valence-electron chi connectivity index (χ1n) is 6.22. The van der Waals surface area contributed by atoms with Gasteiger partial charge in [0.15, 0.2) is 11.5 Å². The van der Waals surface area contributed by atoms with Gasteiger partial charge in [0.05, 0.1) is 12.1 Å². The standard InChI is InChI=1S/C11H15N5O4/c12-9-6-10(14-3-13-9)16(11(20)15-6)5-1-4(2-17)7(18)8(5)19/h3-5,7-8,17-19H,1-2H2,(H,15,20)(H2,12,13,14)/t4-,5-,7-,8+/m1/s1. The molecule has 1 aliphatic carbocycles. The fourth-order valence-electron chi connectivity index (χ4n) is 2.80. The van der Waals surface area contributed by atoms with Crippen LogP contribution < -0.4 is 11.4 Å². The summed E-state index contributed by atoms with van der Waals surface area (Å²) in [5.74, 6) is -0.344. The number of fused-ring (bicyclic) bond motifs is 1. The molecule has 0 unspecified atom stereocenters. The van der Waals surface area contributed by atoms with E-state index in [1.165, 1.54) is 10.9 Å².